The molecule has 2 aromatic rings. The molecule has 0 radical (unpaired) electrons. The highest BCUT2D eigenvalue weighted by Gasteiger charge is 2.40. The van der Waals surface area contributed by atoms with E-state index in [1.54, 1.807) is 31.3 Å². The Balaban J connectivity index is 1.74. The molecule has 2 aliphatic rings. The zero-order chi connectivity index (χ0) is 19.2. The Kier molecular flexibility index (Phi) is 4.17. The zero-order valence-electron chi connectivity index (χ0n) is 15.2. The number of alkyl halides is 2. The van der Waals surface area contributed by atoms with Crippen molar-refractivity contribution in [1.82, 2.24) is 14.8 Å². The van der Waals surface area contributed by atoms with Crippen molar-refractivity contribution in [2.45, 2.75) is 38.5 Å². The Morgan fingerprint density at radius 3 is 2.89 bits per heavy atom. The number of aryl methyl sites for hydroxylation is 2. The van der Waals surface area contributed by atoms with E-state index < -0.39 is 5.92 Å². The number of carbonyl (C=O) groups excluding carboxylic acids is 1. The number of rotatable bonds is 2. The second-order valence-electron chi connectivity index (χ2n) is 6.96. The molecule has 2 aliphatic carbocycles. The predicted molar refractivity (Wildman–Crippen MR) is 98.7 cm³/mol. The van der Waals surface area contributed by atoms with Gasteiger partial charge in [0, 0.05) is 35.9 Å². The molecule has 0 unspecified atom stereocenters. The number of nitrogens with one attached hydrogen (secondary N) is 1. The van der Waals surface area contributed by atoms with Gasteiger partial charge in [-0.05, 0) is 38.3 Å². The third-order valence-corrected chi connectivity index (χ3v) is 5.05. The highest BCUT2D eigenvalue weighted by atomic mass is 19.3. The Morgan fingerprint density at radius 2 is 2.11 bits per heavy atom. The van der Waals surface area contributed by atoms with Crippen LogP contribution in [0.2, 0.25) is 0 Å². The number of fused-ring (bicyclic) bond motifs is 2. The topological polar surface area (TPSA) is 59.8 Å². The fourth-order valence-corrected chi connectivity index (χ4v) is 3.82. The van der Waals surface area contributed by atoms with Crippen LogP contribution in [0.25, 0.3) is 5.57 Å². The summed E-state index contributed by atoms with van der Waals surface area (Å²) in [4.78, 5) is 17.0. The minimum atomic E-state index is -2.82. The number of hydrogen-bond acceptors (Lipinski definition) is 3. The summed E-state index contributed by atoms with van der Waals surface area (Å²) in [5.41, 5.74) is 3.03. The summed E-state index contributed by atoms with van der Waals surface area (Å²) in [6, 6.07) is 5.35. The van der Waals surface area contributed by atoms with Gasteiger partial charge in [0.05, 0.1) is 5.69 Å². The van der Waals surface area contributed by atoms with Gasteiger partial charge in [0.25, 0.3) is 11.8 Å². The molecule has 7 heteroatoms. The molecule has 0 saturated heterocycles. The summed E-state index contributed by atoms with van der Waals surface area (Å²) in [7, 11) is 1.69. The van der Waals surface area contributed by atoms with Crippen LogP contribution in [0.4, 0.5) is 14.6 Å². The van der Waals surface area contributed by atoms with Crippen molar-refractivity contribution in [3.8, 4) is 0 Å². The van der Waals surface area contributed by atoms with Crippen LogP contribution in [0.3, 0.4) is 0 Å². The first-order chi connectivity index (χ1) is 12.9. The molecule has 5 nitrogen and oxygen atoms in total. The second-order valence-corrected chi connectivity index (χ2v) is 6.96. The molecule has 1 amide bonds. The van der Waals surface area contributed by atoms with Crippen molar-refractivity contribution in [1.29, 1.82) is 0 Å². The van der Waals surface area contributed by atoms with Gasteiger partial charge in [-0.15, -0.1) is 0 Å². The minimum Gasteiger partial charge on any atom is -0.305 e. The number of halogens is 2. The Hall–Kier alpha value is -2.83. The third-order valence-electron chi connectivity index (χ3n) is 5.05. The Bertz CT molecular complexity index is 988. The van der Waals surface area contributed by atoms with Crippen molar-refractivity contribution in [2.75, 3.05) is 5.32 Å². The van der Waals surface area contributed by atoms with E-state index in [-0.39, 0.29) is 30.0 Å². The van der Waals surface area contributed by atoms with Crippen molar-refractivity contribution in [2.24, 2.45) is 7.05 Å². The Morgan fingerprint density at radius 1 is 1.30 bits per heavy atom. The molecular formula is C20H20F2N4O. The average molecular weight is 370 g/mol. The van der Waals surface area contributed by atoms with Crippen LogP contribution >= 0.6 is 0 Å². The van der Waals surface area contributed by atoms with Crippen LogP contribution in [-0.2, 0) is 13.5 Å². The molecule has 0 spiro atoms. The van der Waals surface area contributed by atoms with E-state index in [0.29, 0.717) is 35.5 Å². The summed E-state index contributed by atoms with van der Waals surface area (Å²) in [5, 5.41) is 7.10. The summed E-state index contributed by atoms with van der Waals surface area (Å²) >= 11 is 0. The molecule has 140 valence electrons. The van der Waals surface area contributed by atoms with E-state index >= 15 is 0 Å². The first-order valence-corrected chi connectivity index (χ1v) is 8.96. The highest BCUT2D eigenvalue weighted by Crippen LogP contribution is 2.44. The van der Waals surface area contributed by atoms with Gasteiger partial charge < -0.3 is 5.32 Å². The number of aromatic nitrogens is 3. The van der Waals surface area contributed by atoms with Gasteiger partial charge in [0.1, 0.15) is 5.82 Å². The smallest absolute Gasteiger partial charge is 0.277 e. The lowest BCUT2D eigenvalue weighted by molar-refractivity contribution is 0.0310. The van der Waals surface area contributed by atoms with Crippen molar-refractivity contribution in [3.05, 3.63) is 58.6 Å². The first kappa shape index (κ1) is 17.6. The van der Waals surface area contributed by atoms with Gasteiger partial charge in [-0.3, -0.25) is 9.48 Å². The quantitative estimate of drug-likeness (QED) is 0.867. The molecule has 0 aromatic carbocycles. The maximum Gasteiger partial charge on any atom is 0.277 e. The van der Waals surface area contributed by atoms with Gasteiger partial charge in [0.2, 0.25) is 0 Å². The summed E-state index contributed by atoms with van der Waals surface area (Å²) in [6.07, 6.45) is 4.28. The van der Waals surface area contributed by atoms with Gasteiger partial charge in [-0.25, -0.2) is 13.8 Å². The second kappa shape index (κ2) is 6.40. The maximum atomic E-state index is 14.5. The number of hydrogen-bond donors (Lipinski definition) is 1. The molecule has 27 heavy (non-hydrogen) atoms. The number of allylic oxidation sites excluding steroid dienone is 4. The number of anilines is 1. The van der Waals surface area contributed by atoms with Crippen LogP contribution in [0.15, 0.2) is 35.9 Å². The van der Waals surface area contributed by atoms with Crippen molar-refractivity contribution >= 4 is 17.3 Å². The van der Waals surface area contributed by atoms with E-state index in [1.807, 2.05) is 13.0 Å². The number of nitrogens with zero attached hydrogens (tertiary/aromatic N) is 3. The molecule has 2 aromatic heterocycles. The van der Waals surface area contributed by atoms with E-state index in [2.05, 4.69) is 15.4 Å². The number of pyridine rings is 1. The van der Waals surface area contributed by atoms with E-state index in [1.165, 1.54) is 4.68 Å². The largest absolute Gasteiger partial charge is 0.305 e. The number of carbonyl (C=O) groups is 1. The average Bonchev–Trinajstić information content (AvgIpc) is 2.87. The lowest BCUT2D eigenvalue weighted by Crippen LogP contribution is -2.23. The fourth-order valence-electron chi connectivity index (χ4n) is 3.82. The van der Waals surface area contributed by atoms with Crippen LogP contribution < -0.4 is 5.32 Å². The summed E-state index contributed by atoms with van der Waals surface area (Å²) in [5.74, 6) is -2.76. The van der Waals surface area contributed by atoms with Crippen LogP contribution in [0.5, 0.6) is 0 Å². The van der Waals surface area contributed by atoms with Gasteiger partial charge in [0.15, 0.2) is 5.69 Å². The lowest BCUT2D eigenvalue weighted by atomic mass is 9.85. The van der Waals surface area contributed by atoms with E-state index in [4.69, 9.17) is 0 Å². The molecule has 0 fully saturated rings. The van der Waals surface area contributed by atoms with Crippen molar-refractivity contribution in [3.63, 3.8) is 0 Å². The summed E-state index contributed by atoms with van der Waals surface area (Å²) in [6.45, 7) is 1.84. The standard InChI is InChI=1S/C20H20F2N4O/c1-12-6-5-8-16(23-12)24-19(27)17-14-9-10-15-13(18(14)26(2)25-17)7-3-4-11-20(15,21)22/h3,5-8H,4,9-11H2,1-2H3,(H,23,24,27). The van der Waals surface area contributed by atoms with Gasteiger partial charge in [-0.1, -0.05) is 18.2 Å². The molecule has 0 atom stereocenters. The van der Waals surface area contributed by atoms with Crippen LogP contribution in [0.1, 0.15) is 46.7 Å². The maximum absolute atomic E-state index is 14.5. The van der Waals surface area contributed by atoms with Crippen molar-refractivity contribution < 1.29 is 13.6 Å². The van der Waals surface area contributed by atoms with E-state index in [9.17, 15) is 13.6 Å². The van der Waals surface area contributed by atoms with E-state index in [0.717, 1.165) is 5.69 Å². The predicted octanol–water partition coefficient (Wildman–Crippen LogP) is 4.06. The molecule has 2 heterocycles. The summed E-state index contributed by atoms with van der Waals surface area (Å²) < 4.78 is 30.5. The molecule has 0 saturated carbocycles. The van der Waals surface area contributed by atoms with Crippen LogP contribution in [0, 0.1) is 6.92 Å². The zero-order valence-corrected chi connectivity index (χ0v) is 15.2. The van der Waals surface area contributed by atoms with Crippen LogP contribution in [-0.4, -0.2) is 26.6 Å². The Labute approximate surface area is 155 Å². The third kappa shape index (κ3) is 3.07. The molecule has 0 aliphatic heterocycles. The molecule has 1 N–H and O–H groups in total. The SMILES string of the molecule is Cc1cccc(NC(=O)c2nn(C)c3c2CCC2=C3C=CCCC2(F)F)n1. The highest BCUT2D eigenvalue weighted by molar-refractivity contribution is 6.04. The van der Waals surface area contributed by atoms with Gasteiger partial charge >= 0.3 is 0 Å². The number of amides is 1. The van der Waals surface area contributed by atoms with Gasteiger partial charge in [-0.2, -0.15) is 5.10 Å². The fraction of sp³-hybridized carbons (Fsp3) is 0.350. The normalized spacial score (nSPS) is 17.9. The lowest BCUT2D eigenvalue weighted by Gasteiger charge is -2.25. The molecular weight excluding hydrogens is 350 g/mol. The molecule has 0 bridgehead atoms. The first-order valence-electron chi connectivity index (χ1n) is 8.96. The molecule has 4 rings (SSSR count). The minimum absolute atomic E-state index is 0.152. The monoisotopic (exact) mass is 370 g/mol.